The van der Waals surface area contributed by atoms with Gasteiger partial charge in [-0.2, -0.15) is 0 Å². The number of carbonyl (C=O) groups excluding carboxylic acids is 3. The molecule has 0 radical (unpaired) electrons. The summed E-state index contributed by atoms with van der Waals surface area (Å²) in [7, 11) is 1.54. The number of methoxy groups -OCH3 is 1. The van der Waals surface area contributed by atoms with Crippen LogP contribution in [0.25, 0.3) is 0 Å². The molecule has 3 rings (SSSR count). The molecule has 0 aliphatic rings. The standard InChI is InChI=1S/C24H27N5O4S/c1-33-14-13-29(23(32)18-7-3-2-4-8-18)16-22(31)28-24-27-20(17-34-24)15-21(30)26-12-10-19-9-5-6-11-25-19/h2-9,11,17H,10,12-16H2,1H3,(H,26,30)(H,27,28,31). The number of hydrogen-bond donors (Lipinski definition) is 2. The molecule has 1 aromatic carbocycles. The number of carbonyl (C=O) groups is 3. The number of amides is 3. The number of ether oxygens (including phenoxy) is 1. The molecule has 0 saturated heterocycles. The Hall–Kier alpha value is -3.63. The first kappa shape index (κ1) is 25.0. The van der Waals surface area contributed by atoms with E-state index in [0.717, 1.165) is 5.69 Å². The molecule has 0 bridgehead atoms. The minimum absolute atomic E-state index is 0.112. The smallest absolute Gasteiger partial charge is 0.254 e. The number of nitrogens with one attached hydrogen (secondary N) is 2. The topological polar surface area (TPSA) is 114 Å². The molecule has 0 aliphatic carbocycles. The Kier molecular flexibility index (Phi) is 9.68. The van der Waals surface area contributed by atoms with Crippen LogP contribution in [0.5, 0.6) is 0 Å². The van der Waals surface area contributed by atoms with Crippen LogP contribution in [-0.2, 0) is 27.2 Å². The second kappa shape index (κ2) is 13.2. The summed E-state index contributed by atoms with van der Waals surface area (Å²) < 4.78 is 5.07. The maximum absolute atomic E-state index is 12.8. The van der Waals surface area contributed by atoms with Crippen LogP contribution in [0.1, 0.15) is 21.7 Å². The molecule has 0 unspecified atom stereocenters. The Labute approximate surface area is 202 Å². The van der Waals surface area contributed by atoms with Crippen LogP contribution >= 0.6 is 11.3 Å². The van der Waals surface area contributed by atoms with Crippen LogP contribution in [0, 0.1) is 0 Å². The van der Waals surface area contributed by atoms with Gasteiger partial charge in [-0.15, -0.1) is 11.3 Å². The van der Waals surface area contributed by atoms with Gasteiger partial charge in [-0.1, -0.05) is 24.3 Å². The quantitative estimate of drug-likeness (QED) is 0.410. The lowest BCUT2D eigenvalue weighted by Crippen LogP contribution is -2.40. The first-order valence-corrected chi connectivity index (χ1v) is 11.7. The third-order valence-corrected chi connectivity index (χ3v) is 5.58. The highest BCUT2D eigenvalue weighted by Crippen LogP contribution is 2.16. The summed E-state index contributed by atoms with van der Waals surface area (Å²) in [6, 6.07) is 14.4. The van der Waals surface area contributed by atoms with Gasteiger partial charge in [-0.3, -0.25) is 19.4 Å². The highest BCUT2D eigenvalue weighted by molar-refractivity contribution is 7.13. The molecule has 2 aromatic heterocycles. The van der Waals surface area contributed by atoms with Gasteiger partial charge >= 0.3 is 0 Å². The molecule has 9 nitrogen and oxygen atoms in total. The average molecular weight is 482 g/mol. The third-order valence-electron chi connectivity index (χ3n) is 4.78. The Morgan fingerprint density at radius 2 is 1.82 bits per heavy atom. The van der Waals surface area contributed by atoms with E-state index in [-0.39, 0.29) is 37.2 Å². The molecule has 3 aromatic rings. The lowest BCUT2D eigenvalue weighted by atomic mass is 10.2. The fourth-order valence-corrected chi connectivity index (χ4v) is 3.82. The van der Waals surface area contributed by atoms with E-state index in [4.69, 9.17) is 4.74 Å². The van der Waals surface area contributed by atoms with E-state index in [1.54, 1.807) is 35.8 Å². The van der Waals surface area contributed by atoms with E-state index in [9.17, 15) is 14.4 Å². The minimum Gasteiger partial charge on any atom is -0.383 e. The van der Waals surface area contributed by atoms with Gasteiger partial charge in [0.1, 0.15) is 6.54 Å². The van der Waals surface area contributed by atoms with Crippen molar-refractivity contribution in [3.05, 3.63) is 77.1 Å². The number of aromatic nitrogens is 2. The largest absolute Gasteiger partial charge is 0.383 e. The van der Waals surface area contributed by atoms with E-state index in [2.05, 4.69) is 20.6 Å². The zero-order valence-electron chi connectivity index (χ0n) is 18.9. The average Bonchev–Trinajstić information content (AvgIpc) is 3.28. The maximum Gasteiger partial charge on any atom is 0.254 e. The van der Waals surface area contributed by atoms with Gasteiger partial charge < -0.3 is 20.3 Å². The van der Waals surface area contributed by atoms with Crippen LogP contribution < -0.4 is 10.6 Å². The molecule has 10 heteroatoms. The molecular formula is C24H27N5O4S. The van der Waals surface area contributed by atoms with Gasteiger partial charge in [0, 0.05) is 49.5 Å². The van der Waals surface area contributed by atoms with Crippen molar-refractivity contribution in [3.8, 4) is 0 Å². The van der Waals surface area contributed by atoms with Gasteiger partial charge in [0.25, 0.3) is 5.91 Å². The minimum atomic E-state index is -0.374. The Balaban J connectivity index is 1.48. The van der Waals surface area contributed by atoms with Crippen LogP contribution in [0.2, 0.25) is 0 Å². The van der Waals surface area contributed by atoms with Gasteiger partial charge in [-0.25, -0.2) is 4.98 Å². The number of thiazole rings is 1. The predicted octanol–water partition coefficient (Wildman–Crippen LogP) is 2.17. The molecular weight excluding hydrogens is 454 g/mol. The summed E-state index contributed by atoms with van der Waals surface area (Å²) in [5.74, 6) is -0.783. The Morgan fingerprint density at radius 3 is 2.56 bits per heavy atom. The monoisotopic (exact) mass is 481 g/mol. The highest BCUT2D eigenvalue weighted by Gasteiger charge is 2.19. The summed E-state index contributed by atoms with van der Waals surface area (Å²) in [4.78, 5) is 47.5. The Morgan fingerprint density at radius 1 is 1.03 bits per heavy atom. The fourth-order valence-electron chi connectivity index (χ4n) is 3.10. The van der Waals surface area contributed by atoms with Crippen molar-refractivity contribution in [2.24, 2.45) is 0 Å². The zero-order valence-corrected chi connectivity index (χ0v) is 19.7. The second-order valence-electron chi connectivity index (χ2n) is 7.38. The van der Waals surface area contributed by atoms with Crippen LogP contribution in [0.3, 0.4) is 0 Å². The maximum atomic E-state index is 12.8. The van der Waals surface area contributed by atoms with Crippen molar-refractivity contribution in [2.45, 2.75) is 12.8 Å². The van der Waals surface area contributed by atoms with E-state index < -0.39 is 0 Å². The number of nitrogens with zero attached hydrogens (tertiary/aromatic N) is 3. The molecule has 34 heavy (non-hydrogen) atoms. The van der Waals surface area contributed by atoms with E-state index in [1.807, 2.05) is 24.3 Å². The van der Waals surface area contributed by atoms with E-state index >= 15 is 0 Å². The molecule has 178 valence electrons. The number of rotatable bonds is 12. The number of hydrogen-bond acceptors (Lipinski definition) is 7. The molecule has 0 saturated carbocycles. The van der Waals surface area contributed by atoms with E-state index in [0.29, 0.717) is 36.0 Å². The SMILES string of the molecule is COCCN(CC(=O)Nc1nc(CC(=O)NCCc2ccccn2)cs1)C(=O)c1ccccc1. The van der Waals surface area contributed by atoms with Gasteiger partial charge in [-0.05, 0) is 24.3 Å². The summed E-state index contributed by atoms with van der Waals surface area (Å²) >= 11 is 1.23. The van der Waals surface area contributed by atoms with Crippen molar-refractivity contribution in [2.75, 3.05) is 38.7 Å². The summed E-state index contributed by atoms with van der Waals surface area (Å²) in [5, 5.41) is 7.66. The molecule has 2 heterocycles. The molecule has 0 aliphatic heterocycles. The van der Waals surface area contributed by atoms with E-state index in [1.165, 1.54) is 23.3 Å². The lowest BCUT2D eigenvalue weighted by molar-refractivity contribution is -0.120. The Bertz CT molecular complexity index is 1080. The van der Waals surface area contributed by atoms with Crippen molar-refractivity contribution in [1.29, 1.82) is 0 Å². The van der Waals surface area contributed by atoms with Gasteiger partial charge in [0.2, 0.25) is 11.8 Å². The van der Waals surface area contributed by atoms with Crippen molar-refractivity contribution >= 4 is 34.2 Å². The highest BCUT2D eigenvalue weighted by atomic mass is 32.1. The number of anilines is 1. The first-order chi connectivity index (χ1) is 16.5. The number of pyridine rings is 1. The molecule has 2 N–H and O–H groups in total. The van der Waals surface area contributed by atoms with Crippen molar-refractivity contribution < 1.29 is 19.1 Å². The molecule has 0 fully saturated rings. The first-order valence-electron chi connectivity index (χ1n) is 10.8. The summed E-state index contributed by atoms with van der Waals surface area (Å²) in [6.07, 6.45) is 2.48. The van der Waals surface area contributed by atoms with Crippen molar-refractivity contribution in [3.63, 3.8) is 0 Å². The lowest BCUT2D eigenvalue weighted by Gasteiger charge is -2.21. The molecule has 0 atom stereocenters. The zero-order chi connectivity index (χ0) is 24.2. The van der Waals surface area contributed by atoms with Crippen LogP contribution in [0.15, 0.2) is 60.1 Å². The van der Waals surface area contributed by atoms with Gasteiger partial charge in [0.15, 0.2) is 5.13 Å². The summed E-state index contributed by atoms with van der Waals surface area (Å²) in [5.41, 5.74) is 1.97. The predicted molar refractivity (Wildman–Crippen MR) is 130 cm³/mol. The molecule has 0 spiro atoms. The fraction of sp³-hybridized carbons (Fsp3) is 0.292. The van der Waals surface area contributed by atoms with Crippen molar-refractivity contribution in [1.82, 2.24) is 20.2 Å². The molecule has 3 amide bonds. The van der Waals surface area contributed by atoms with Crippen LogP contribution in [0.4, 0.5) is 5.13 Å². The normalized spacial score (nSPS) is 10.5. The van der Waals surface area contributed by atoms with Gasteiger partial charge in [0.05, 0.1) is 18.7 Å². The summed E-state index contributed by atoms with van der Waals surface area (Å²) in [6.45, 7) is 0.929. The van der Waals surface area contributed by atoms with Crippen LogP contribution in [-0.4, -0.2) is 65.9 Å². The number of benzene rings is 1. The second-order valence-corrected chi connectivity index (χ2v) is 8.23. The third kappa shape index (κ3) is 8.05.